The average Bonchev–Trinajstić information content (AvgIpc) is 3.85. The van der Waals surface area contributed by atoms with Gasteiger partial charge in [-0.25, -0.2) is 15.0 Å². The van der Waals surface area contributed by atoms with Crippen LogP contribution >= 0.6 is 0 Å². The van der Waals surface area contributed by atoms with E-state index >= 15 is 0 Å². The molecule has 3 heterocycles. The minimum absolute atomic E-state index is 0.615. The van der Waals surface area contributed by atoms with Crippen molar-refractivity contribution in [3.63, 3.8) is 0 Å². The fourth-order valence-electron chi connectivity index (χ4n) is 10.4. The number of nitrogens with zero attached hydrogens (tertiary/aromatic N) is 4. The molecule has 0 atom stereocenters. The maximum atomic E-state index is 6.85. The second-order valence-electron chi connectivity index (χ2n) is 17.5. The molecule has 62 heavy (non-hydrogen) atoms. The fourth-order valence-corrected chi connectivity index (χ4v) is 10.4. The van der Waals surface area contributed by atoms with E-state index in [1.54, 1.807) is 0 Å². The topological polar surface area (TPSA) is 56.7 Å². The van der Waals surface area contributed by atoms with Crippen LogP contribution in [0.15, 0.2) is 114 Å². The summed E-state index contributed by atoms with van der Waals surface area (Å²) in [6, 6.07) is 39.3. The van der Waals surface area contributed by atoms with E-state index in [9.17, 15) is 0 Å². The molecule has 11 aromatic rings. The fraction of sp³-hybridized carbons (Fsp3) is 0. The number of furan rings is 1. The van der Waals surface area contributed by atoms with Crippen molar-refractivity contribution in [1.82, 2.24) is 19.5 Å². The second kappa shape index (κ2) is 14.0. The van der Waals surface area contributed by atoms with Gasteiger partial charge in [-0.1, -0.05) is 107 Å². The third-order valence-electron chi connectivity index (χ3n) is 14.6. The molecule has 0 aliphatic heterocycles. The normalized spacial score (nSPS) is 11.9. The first-order valence-electron chi connectivity index (χ1n) is 21.6. The number of rotatable bonds is 4. The summed E-state index contributed by atoms with van der Waals surface area (Å²) < 4.78 is 9.28. The molecule has 0 amide bonds. The van der Waals surface area contributed by atoms with Crippen molar-refractivity contribution < 1.29 is 4.42 Å². The van der Waals surface area contributed by atoms with Crippen molar-refractivity contribution >= 4 is 198 Å². The van der Waals surface area contributed by atoms with Gasteiger partial charge in [0.1, 0.15) is 89.6 Å². The van der Waals surface area contributed by atoms with Gasteiger partial charge in [-0.15, -0.1) is 32.8 Å². The first-order valence-corrected chi connectivity index (χ1v) is 21.6. The summed E-state index contributed by atoms with van der Waals surface area (Å²) in [7, 11) is 22.1. The number of benzene rings is 8. The molecule has 0 radical (unpaired) electrons. The van der Waals surface area contributed by atoms with Crippen molar-refractivity contribution in [1.29, 1.82) is 0 Å². The molecule has 0 saturated heterocycles. The van der Waals surface area contributed by atoms with Crippen molar-refractivity contribution in [3.05, 3.63) is 109 Å². The van der Waals surface area contributed by atoms with Crippen LogP contribution in [0.1, 0.15) is 0 Å². The molecule has 5 nitrogen and oxygen atoms in total. The third kappa shape index (κ3) is 5.46. The van der Waals surface area contributed by atoms with Gasteiger partial charge in [0, 0.05) is 49.7 Å². The molecule has 0 N–H and O–H groups in total. The predicted molar refractivity (Wildman–Crippen MR) is 295 cm³/mol. The van der Waals surface area contributed by atoms with Crippen LogP contribution in [0.3, 0.4) is 0 Å². The zero-order valence-corrected chi connectivity index (χ0v) is 37.1. The Balaban J connectivity index is 1.31. The summed E-state index contributed by atoms with van der Waals surface area (Å²) in [6.07, 6.45) is 0. The summed E-state index contributed by atoms with van der Waals surface area (Å²) >= 11 is 0. The first kappa shape index (κ1) is 38.5. The van der Waals surface area contributed by atoms with Gasteiger partial charge in [0.25, 0.3) is 0 Å². The predicted octanol–water partition coefficient (Wildman–Crippen LogP) is -5.24. The summed E-state index contributed by atoms with van der Waals surface area (Å²) in [5.41, 5.74) is 20.3. The molecular weight excluding hydrogens is 745 g/mol. The van der Waals surface area contributed by atoms with E-state index in [-0.39, 0.29) is 0 Å². The van der Waals surface area contributed by atoms with E-state index in [4.69, 9.17) is 19.4 Å². The van der Waals surface area contributed by atoms with Crippen LogP contribution in [0.2, 0.25) is 0 Å². The van der Waals surface area contributed by atoms with Gasteiger partial charge < -0.3 is 8.98 Å². The minimum Gasteiger partial charge on any atom is -0.456 e. The molecule has 0 saturated carbocycles. The molecule has 0 fully saturated rings. The average molecular weight is 783 g/mol. The largest absolute Gasteiger partial charge is 0.456 e. The Labute approximate surface area is 369 Å². The third-order valence-corrected chi connectivity index (χ3v) is 14.6. The zero-order chi connectivity index (χ0) is 42.9. The standard InChI is InChI=1S/C47H38B10N4O/c48-34-32(35(49)39(53)42(56)38(34)52)46-58-45(59-47(60-46)33-36(50)40(54)43(57)41(55)37(33)51)26-17-21(18-29-31(26)24-11-5-6-12-28(24)62-29)61-27-16-14-19-7-1-3-9-22(19)30(27)25-15-13-20-8-2-4-10-23(20)44(25)61/h1-18H,48-57H2. The van der Waals surface area contributed by atoms with Crippen molar-refractivity contribution in [2.24, 2.45) is 0 Å². The molecule has 3 aromatic heterocycles. The number of aromatic nitrogens is 4. The van der Waals surface area contributed by atoms with Crippen LogP contribution in [-0.2, 0) is 0 Å². The van der Waals surface area contributed by atoms with Gasteiger partial charge in [-0.2, -0.15) is 0 Å². The molecule has 282 valence electrons. The van der Waals surface area contributed by atoms with Crippen LogP contribution in [0.25, 0.3) is 105 Å². The van der Waals surface area contributed by atoms with Crippen molar-refractivity contribution in [3.8, 4) is 39.9 Å². The molecule has 0 bridgehead atoms. The van der Waals surface area contributed by atoms with Crippen LogP contribution in [0.5, 0.6) is 0 Å². The van der Waals surface area contributed by atoms with Crippen LogP contribution in [0, 0.1) is 0 Å². The highest BCUT2D eigenvalue weighted by atomic mass is 16.3. The number of hydrogen-bond acceptors (Lipinski definition) is 4. The Morgan fingerprint density at radius 1 is 0.387 bits per heavy atom. The molecule has 0 spiro atoms. The molecule has 8 aromatic carbocycles. The van der Waals surface area contributed by atoms with Crippen LogP contribution in [-0.4, -0.2) is 98.0 Å². The highest BCUT2D eigenvalue weighted by Gasteiger charge is 2.25. The Morgan fingerprint density at radius 2 is 0.871 bits per heavy atom. The van der Waals surface area contributed by atoms with Gasteiger partial charge in [0.15, 0.2) is 17.5 Å². The van der Waals surface area contributed by atoms with Gasteiger partial charge >= 0.3 is 0 Å². The summed E-state index contributed by atoms with van der Waals surface area (Å²) in [6.45, 7) is 0. The van der Waals surface area contributed by atoms with Crippen LogP contribution in [0.4, 0.5) is 0 Å². The lowest BCUT2D eigenvalue weighted by molar-refractivity contribution is 0.668. The number of fused-ring (bicyclic) bond motifs is 10. The molecule has 0 unspecified atom stereocenters. The Morgan fingerprint density at radius 3 is 1.48 bits per heavy atom. The molecular formula is C47H38B10N4O. The minimum atomic E-state index is 0.615. The Kier molecular flexibility index (Phi) is 8.71. The quantitative estimate of drug-likeness (QED) is 0.168. The van der Waals surface area contributed by atoms with Gasteiger partial charge in [-0.3, -0.25) is 0 Å². The molecule has 15 heteroatoms. The van der Waals surface area contributed by atoms with Crippen molar-refractivity contribution in [2.45, 2.75) is 0 Å². The highest BCUT2D eigenvalue weighted by Crippen LogP contribution is 2.43. The summed E-state index contributed by atoms with van der Waals surface area (Å²) in [4.78, 5) is 16.6. The summed E-state index contributed by atoms with van der Waals surface area (Å²) in [5.74, 6) is 1.98. The number of hydrogen-bond donors (Lipinski definition) is 0. The van der Waals surface area contributed by atoms with Gasteiger partial charge in [-0.05, 0) is 34.4 Å². The van der Waals surface area contributed by atoms with Crippen LogP contribution < -0.4 is 54.6 Å². The second-order valence-corrected chi connectivity index (χ2v) is 17.5. The first-order chi connectivity index (χ1) is 29.9. The van der Waals surface area contributed by atoms with Crippen molar-refractivity contribution in [2.75, 3.05) is 0 Å². The van der Waals surface area contributed by atoms with E-state index in [0.29, 0.717) is 17.5 Å². The maximum Gasteiger partial charge on any atom is 0.164 e. The lowest BCUT2D eigenvalue weighted by atomic mass is 9.60. The van der Waals surface area contributed by atoms with E-state index in [1.165, 1.54) is 86.9 Å². The van der Waals surface area contributed by atoms with E-state index < -0.39 is 0 Å². The smallest absolute Gasteiger partial charge is 0.164 e. The van der Waals surface area contributed by atoms with Gasteiger partial charge in [0.05, 0.1) is 16.7 Å². The van der Waals surface area contributed by atoms with E-state index in [0.717, 1.165) is 55.3 Å². The molecule has 0 aliphatic carbocycles. The Hall–Kier alpha value is -6.46. The maximum absolute atomic E-state index is 6.85. The summed E-state index contributed by atoms with van der Waals surface area (Å²) in [5, 5.41) is 9.26. The highest BCUT2D eigenvalue weighted by molar-refractivity contribution is 6.70. The molecule has 0 aliphatic rings. The monoisotopic (exact) mass is 784 g/mol. The molecule has 11 rings (SSSR count). The Bertz CT molecular complexity index is 3640. The van der Waals surface area contributed by atoms with E-state index in [2.05, 4.69) is 186 Å². The zero-order valence-electron chi connectivity index (χ0n) is 37.1. The van der Waals surface area contributed by atoms with E-state index in [1.807, 2.05) is 6.07 Å². The number of para-hydroxylation sites is 1. The lowest BCUT2D eigenvalue weighted by Gasteiger charge is -2.22. The van der Waals surface area contributed by atoms with Gasteiger partial charge in [0.2, 0.25) is 0 Å². The SMILES string of the molecule is Bc1c(B)c(B)c(-c2nc(-c3c(B)c(B)c(B)c(B)c3B)nc(-c3cc(-n4c5ccc6ccccc6c5c5ccc6ccccc6c54)cc4oc5ccccc5c34)n2)c(B)c1B. The lowest BCUT2D eigenvalue weighted by Crippen LogP contribution is -2.55.